The molecule has 0 saturated heterocycles. The van der Waals surface area contributed by atoms with Crippen LogP contribution in [0.1, 0.15) is 26.3 Å². The third-order valence-electron chi connectivity index (χ3n) is 16.8. The minimum absolute atomic E-state index is 0.106. The molecule has 0 aliphatic carbocycles. The van der Waals surface area contributed by atoms with Gasteiger partial charge in [-0.05, 0) is 147 Å². The molecule has 0 fully saturated rings. The molecular formula is C76H55BN2. The van der Waals surface area contributed by atoms with Crippen LogP contribution in [0.5, 0.6) is 0 Å². The smallest absolute Gasteiger partial charge is 0.252 e. The molecule has 2 aliphatic heterocycles. The van der Waals surface area contributed by atoms with Crippen LogP contribution in [-0.4, -0.2) is 6.71 Å². The maximum atomic E-state index is 2.63. The molecule has 0 aromatic heterocycles. The van der Waals surface area contributed by atoms with Crippen LogP contribution in [0, 0.1) is 0 Å². The van der Waals surface area contributed by atoms with Gasteiger partial charge < -0.3 is 9.80 Å². The summed E-state index contributed by atoms with van der Waals surface area (Å²) in [5.74, 6) is 0. The van der Waals surface area contributed by atoms with Crippen molar-refractivity contribution in [2.75, 3.05) is 9.80 Å². The van der Waals surface area contributed by atoms with E-state index in [2.05, 4.69) is 310 Å². The van der Waals surface area contributed by atoms with Gasteiger partial charge in [-0.3, -0.25) is 0 Å². The number of fused-ring (bicyclic) bond motifs is 7. The van der Waals surface area contributed by atoms with Crippen LogP contribution in [0.2, 0.25) is 0 Å². The Morgan fingerprint density at radius 3 is 1.28 bits per heavy atom. The number of rotatable bonds is 7. The molecule has 0 radical (unpaired) electrons. The summed E-state index contributed by atoms with van der Waals surface area (Å²) in [6.45, 7) is 6.97. The van der Waals surface area contributed by atoms with E-state index < -0.39 is 0 Å². The quantitative estimate of drug-likeness (QED) is 0.116. The Morgan fingerprint density at radius 2 is 0.722 bits per heavy atom. The van der Waals surface area contributed by atoms with E-state index in [1.54, 1.807) is 0 Å². The minimum atomic E-state index is -0.194. The van der Waals surface area contributed by atoms with Crippen molar-refractivity contribution in [1.29, 1.82) is 0 Å². The van der Waals surface area contributed by atoms with Crippen LogP contribution in [0.25, 0.3) is 88.0 Å². The molecule has 0 spiro atoms. The van der Waals surface area contributed by atoms with Crippen LogP contribution in [-0.2, 0) is 5.41 Å². The van der Waals surface area contributed by atoms with Gasteiger partial charge in [-0.25, -0.2) is 0 Å². The summed E-state index contributed by atoms with van der Waals surface area (Å²) >= 11 is 0. The molecule has 0 atom stereocenters. The SMILES string of the molecule is CC(C)(C)c1cc2c3c(c1)N(c1ccccc1-c1ccccc1)c1cc(-c4c5ccccc5c(-c5ccc6ccccc6c5)c5ccccc45)ccc1B3c1cc(-c3ccccc3)ccc1N2c1ccccc1-c1ccccc1. The van der Waals surface area contributed by atoms with Gasteiger partial charge in [-0.1, -0.05) is 257 Å². The fourth-order valence-corrected chi connectivity index (χ4v) is 13.1. The predicted octanol–water partition coefficient (Wildman–Crippen LogP) is 18.9. The number of nitrogens with zero attached hydrogens (tertiary/aromatic N) is 2. The number of anilines is 6. The largest absolute Gasteiger partial charge is 0.311 e. The minimum Gasteiger partial charge on any atom is -0.311 e. The molecule has 13 aromatic carbocycles. The highest BCUT2D eigenvalue weighted by Gasteiger charge is 2.45. The summed E-state index contributed by atoms with van der Waals surface area (Å²) < 4.78 is 0. The molecule has 2 aliphatic rings. The molecule has 0 amide bonds. The van der Waals surface area contributed by atoms with Crippen molar-refractivity contribution in [2.45, 2.75) is 26.2 Å². The summed E-state index contributed by atoms with van der Waals surface area (Å²) in [4.78, 5) is 5.22. The first-order valence-corrected chi connectivity index (χ1v) is 27.7. The van der Waals surface area contributed by atoms with Crippen molar-refractivity contribution in [3.63, 3.8) is 0 Å². The van der Waals surface area contributed by atoms with Crippen molar-refractivity contribution in [1.82, 2.24) is 0 Å². The lowest BCUT2D eigenvalue weighted by molar-refractivity contribution is 0.590. The van der Waals surface area contributed by atoms with Gasteiger partial charge in [0.2, 0.25) is 0 Å². The third-order valence-corrected chi connectivity index (χ3v) is 16.8. The summed E-state index contributed by atoms with van der Waals surface area (Å²) in [6, 6.07) is 104. The highest BCUT2D eigenvalue weighted by atomic mass is 15.2. The first-order chi connectivity index (χ1) is 38.9. The van der Waals surface area contributed by atoms with E-state index in [0.29, 0.717) is 0 Å². The monoisotopic (exact) mass is 1010 g/mol. The van der Waals surface area contributed by atoms with Gasteiger partial charge in [0.15, 0.2) is 0 Å². The molecule has 372 valence electrons. The van der Waals surface area contributed by atoms with Crippen molar-refractivity contribution in [2.24, 2.45) is 0 Å². The maximum Gasteiger partial charge on any atom is 0.252 e. The Labute approximate surface area is 463 Å². The zero-order valence-corrected chi connectivity index (χ0v) is 44.5. The zero-order chi connectivity index (χ0) is 52.8. The fourth-order valence-electron chi connectivity index (χ4n) is 13.1. The summed E-state index contributed by atoms with van der Waals surface area (Å²) in [5.41, 5.74) is 24.0. The Morgan fingerprint density at radius 1 is 0.278 bits per heavy atom. The molecule has 2 heterocycles. The maximum absolute atomic E-state index is 2.63. The highest BCUT2D eigenvalue weighted by Crippen LogP contribution is 2.51. The molecule has 0 N–H and O–H groups in total. The molecule has 0 bridgehead atoms. The lowest BCUT2D eigenvalue weighted by Crippen LogP contribution is -2.61. The second-order valence-corrected chi connectivity index (χ2v) is 22.4. The Bertz CT molecular complexity index is 4480. The molecule has 79 heavy (non-hydrogen) atoms. The lowest BCUT2D eigenvalue weighted by atomic mass is 9.33. The first kappa shape index (κ1) is 46.6. The van der Waals surface area contributed by atoms with Crippen molar-refractivity contribution in [3.05, 3.63) is 285 Å². The Hall–Kier alpha value is -9.70. The molecule has 15 rings (SSSR count). The zero-order valence-electron chi connectivity index (χ0n) is 44.5. The van der Waals surface area contributed by atoms with E-state index in [1.165, 1.54) is 133 Å². The molecular weight excluding hydrogens is 952 g/mol. The topological polar surface area (TPSA) is 6.48 Å². The van der Waals surface area contributed by atoms with E-state index >= 15 is 0 Å². The second-order valence-electron chi connectivity index (χ2n) is 22.4. The van der Waals surface area contributed by atoms with Crippen LogP contribution in [0.4, 0.5) is 34.1 Å². The van der Waals surface area contributed by atoms with E-state index in [-0.39, 0.29) is 12.1 Å². The highest BCUT2D eigenvalue weighted by molar-refractivity contribution is 7.00. The van der Waals surface area contributed by atoms with Gasteiger partial charge in [0, 0.05) is 33.9 Å². The first-order valence-electron chi connectivity index (χ1n) is 27.7. The van der Waals surface area contributed by atoms with Gasteiger partial charge in [0.05, 0.1) is 11.4 Å². The Balaban J connectivity index is 1.05. The average molecular weight is 1010 g/mol. The Kier molecular flexibility index (Phi) is 10.9. The van der Waals surface area contributed by atoms with E-state index in [4.69, 9.17) is 0 Å². The normalized spacial score (nSPS) is 12.7. The van der Waals surface area contributed by atoms with Crippen LogP contribution >= 0.6 is 0 Å². The number of benzene rings is 13. The number of hydrogen-bond donors (Lipinski definition) is 0. The van der Waals surface area contributed by atoms with Crippen LogP contribution in [0.3, 0.4) is 0 Å². The van der Waals surface area contributed by atoms with Gasteiger partial charge in [-0.2, -0.15) is 0 Å². The average Bonchev–Trinajstić information content (AvgIpc) is 3.68. The van der Waals surface area contributed by atoms with E-state index in [9.17, 15) is 0 Å². The molecule has 3 heteroatoms. The predicted molar refractivity (Wildman–Crippen MR) is 339 cm³/mol. The molecule has 0 saturated carbocycles. The van der Waals surface area contributed by atoms with Gasteiger partial charge >= 0.3 is 0 Å². The summed E-state index contributed by atoms with van der Waals surface area (Å²) in [6.07, 6.45) is 0. The summed E-state index contributed by atoms with van der Waals surface area (Å²) in [7, 11) is 0. The van der Waals surface area contributed by atoms with E-state index in [1.807, 2.05) is 0 Å². The van der Waals surface area contributed by atoms with Crippen molar-refractivity contribution < 1.29 is 0 Å². The summed E-state index contributed by atoms with van der Waals surface area (Å²) in [5, 5.41) is 7.43. The fraction of sp³-hybridized carbons (Fsp3) is 0.0526. The standard InChI is InChI=1S/C76H55BN2/c1-76(2,3)58-48-71-75-72(49-58)79(68-38-22-20-32-60(68)53-28-11-6-12-29-53)70-47-57(74-63-35-17-15-33-61(63)73(62-34-16-18-36-64(62)74)56-40-39-51-25-13-14-30-54(51)45-56)41-43-65(70)77(75)66-46-55(50-23-7-4-8-24-50)42-44-69(66)78(71)67-37-21-19-31-59(67)52-26-9-5-10-27-52/h4-49H,1-3H3. The lowest BCUT2D eigenvalue weighted by Gasteiger charge is -2.46. The van der Waals surface area contributed by atoms with Gasteiger partial charge in [-0.15, -0.1) is 0 Å². The van der Waals surface area contributed by atoms with Gasteiger partial charge in [0.25, 0.3) is 6.71 Å². The van der Waals surface area contributed by atoms with Crippen molar-refractivity contribution >= 4 is 89.5 Å². The molecule has 2 nitrogen and oxygen atoms in total. The molecule has 0 unspecified atom stereocenters. The molecule has 13 aromatic rings. The second kappa shape index (κ2) is 18.5. The number of hydrogen-bond acceptors (Lipinski definition) is 2. The van der Waals surface area contributed by atoms with Crippen LogP contribution < -0.4 is 26.2 Å². The van der Waals surface area contributed by atoms with Crippen LogP contribution in [0.15, 0.2) is 279 Å². The third kappa shape index (κ3) is 7.64. The van der Waals surface area contributed by atoms with Gasteiger partial charge in [0.1, 0.15) is 0 Å². The number of para-hydroxylation sites is 2. The van der Waals surface area contributed by atoms with E-state index in [0.717, 1.165) is 11.4 Å². The van der Waals surface area contributed by atoms with Crippen molar-refractivity contribution in [3.8, 4) is 55.6 Å².